The molecule has 0 amide bonds. The molecule has 3 heteroatoms. The molecular formula is C13H24O3. The third kappa shape index (κ3) is 5.91. The van der Waals surface area contributed by atoms with E-state index < -0.39 is 6.10 Å². The molecule has 16 heavy (non-hydrogen) atoms. The molecule has 0 aliphatic carbocycles. The predicted molar refractivity (Wildman–Crippen MR) is 65.1 cm³/mol. The number of carbonyl (C=O) groups is 1. The molecule has 0 spiro atoms. The SMILES string of the molecule is CC=C(C)C(=O)OCC(CCCC)C(C)O. The molecule has 2 atom stereocenters. The molecular weight excluding hydrogens is 204 g/mol. The molecule has 2 unspecified atom stereocenters. The largest absolute Gasteiger partial charge is 0.462 e. The second-order valence-corrected chi connectivity index (χ2v) is 4.21. The highest BCUT2D eigenvalue weighted by molar-refractivity contribution is 5.87. The van der Waals surface area contributed by atoms with Gasteiger partial charge in [0, 0.05) is 11.5 Å². The summed E-state index contributed by atoms with van der Waals surface area (Å²) < 4.78 is 5.15. The van der Waals surface area contributed by atoms with Gasteiger partial charge in [0.15, 0.2) is 0 Å². The highest BCUT2D eigenvalue weighted by Gasteiger charge is 2.17. The van der Waals surface area contributed by atoms with Crippen molar-refractivity contribution in [3.05, 3.63) is 11.6 Å². The summed E-state index contributed by atoms with van der Waals surface area (Å²) in [6.45, 7) is 7.69. The van der Waals surface area contributed by atoms with Crippen molar-refractivity contribution in [3.63, 3.8) is 0 Å². The van der Waals surface area contributed by atoms with Crippen LogP contribution < -0.4 is 0 Å². The maximum Gasteiger partial charge on any atom is 0.333 e. The Kier molecular flexibility index (Phi) is 7.90. The molecule has 0 radical (unpaired) electrons. The molecule has 0 aliphatic heterocycles. The van der Waals surface area contributed by atoms with Gasteiger partial charge in [-0.05, 0) is 27.2 Å². The van der Waals surface area contributed by atoms with Crippen LogP contribution in [0.2, 0.25) is 0 Å². The normalized spacial score (nSPS) is 15.7. The molecule has 0 saturated carbocycles. The number of aliphatic hydroxyl groups is 1. The molecule has 0 aliphatic rings. The lowest BCUT2D eigenvalue weighted by atomic mass is 9.98. The van der Waals surface area contributed by atoms with E-state index in [0.29, 0.717) is 12.2 Å². The fourth-order valence-corrected chi connectivity index (χ4v) is 1.34. The predicted octanol–water partition coefficient (Wildman–Crippen LogP) is 2.68. The minimum absolute atomic E-state index is 0.0496. The third-order valence-electron chi connectivity index (χ3n) is 2.79. The Morgan fingerprint density at radius 1 is 1.50 bits per heavy atom. The van der Waals surface area contributed by atoms with Crippen molar-refractivity contribution in [1.29, 1.82) is 0 Å². The van der Waals surface area contributed by atoms with Gasteiger partial charge in [-0.3, -0.25) is 0 Å². The van der Waals surface area contributed by atoms with E-state index in [2.05, 4.69) is 6.92 Å². The van der Waals surface area contributed by atoms with Gasteiger partial charge >= 0.3 is 5.97 Å². The number of aliphatic hydroxyl groups excluding tert-OH is 1. The van der Waals surface area contributed by atoms with E-state index in [1.54, 1.807) is 26.8 Å². The lowest BCUT2D eigenvalue weighted by Gasteiger charge is -2.19. The molecule has 0 rings (SSSR count). The summed E-state index contributed by atoms with van der Waals surface area (Å²) in [6.07, 6.45) is 4.34. The third-order valence-corrected chi connectivity index (χ3v) is 2.79. The fraction of sp³-hybridized carbons (Fsp3) is 0.769. The number of hydrogen-bond donors (Lipinski definition) is 1. The zero-order valence-corrected chi connectivity index (χ0v) is 10.8. The first kappa shape index (κ1) is 15.2. The Bertz CT molecular complexity index is 231. The maximum absolute atomic E-state index is 11.4. The van der Waals surface area contributed by atoms with Crippen LogP contribution in [-0.4, -0.2) is 23.8 Å². The summed E-state index contributed by atoms with van der Waals surface area (Å²) in [4.78, 5) is 11.4. The van der Waals surface area contributed by atoms with Gasteiger partial charge in [-0.15, -0.1) is 0 Å². The number of allylic oxidation sites excluding steroid dienone is 1. The van der Waals surface area contributed by atoms with Gasteiger partial charge in [0.05, 0.1) is 12.7 Å². The number of ether oxygens (including phenoxy) is 1. The van der Waals surface area contributed by atoms with E-state index in [4.69, 9.17) is 4.74 Å². The van der Waals surface area contributed by atoms with Crippen LogP contribution in [0.4, 0.5) is 0 Å². The molecule has 0 aromatic rings. The molecule has 0 aromatic carbocycles. The lowest BCUT2D eigenvalue weighted by Crippen LogP contribution is -2.24. The Morgan fingerprint density at radius 2 is 2.12 bits per heavy atom. The molecule has 0 bridgehead atoms. The summed E-state index contributed by atoms with van der Waals surface area (Å²) in [5, 5.41) is 9.54. The van der Waals surface area contributed by atoms with Crippen molar-refractivity contribution in [2.24, 2.45) is 5.92 Å². The van der Waals surface area contributed by atoms with Crippen LogP contribution in [0.15, 0.2) is 11.6 Å². The summed E-state index contributed by atoms with van der Waals surface area (Å²) >= 11 is 0. The van der Waals surface area contributed by atoms with Gasteiger partial charge < -0.3 is 9.84 Å². The van der Waals surface area contributed by atoms with Crippen LogP contribution in [0.3, 0.4) is 0 Å². The average Bonchev–Trinajstić information content (AvgIpc) is 2.27. The number of hydrogen-bond acceptors (Lipinski definition) is 3. The Balaban J connectivity index is 4.06. The standard InChI is InChI=1S/C13H24O3/c1-5-7-8-12(11(4)14)9-16-13(15)10(3)6-2/h6,11-12,14H,5,7-9H2,1-4H3. The highest BCUT2D eigenvalue weighted by Crippen LogP contribution is 2.14. The number of unbranched alkanes of at least 4 members (excludes halogenated alkanes) is 1. The van der Waals surface area contributed by atoms with Crippen molar-refractivity contribution in [3.8, 4) is 0 Å². The van der Waals surface area contributed by atoms with Crippen LogP contribution in [0.1, 0.15) is 47.0 Å². The molecule has 0 saturated heterocycles. The zero-order chi connectivity index (χ0) is 12.6. The molecule has 0 fully saturated rings. The van der Waals surface area contributed by atoms with Crippen molar-refractivity contribution in [2.75, 3.05) is 6.61 Å². The molecule has 0 heterocycles. The van der Waals surface area contributed by atoms with E-state index in [0.717, 1.165) is 19.3 Å². The van der Waals surface area contributed by atoms with Crippen LogP contribution in [0, 0.1) is 5.92 Å². The molecule has 94 valence electrons. The van der Waals surface area contributed by atoms with Gasteiger partial charge in [-0.25, -0.2) is 4.79 Å². The van der Waals surface area contributed by atoms with Crippen molar-refractivity contribution >= 4 is 5.97 Å². The van der Waals surface area contributed by atoms with Crippen LogP contribution in [0.5, 0.6) is 0 Å². The second-order valence-electron chi connectivity index (χ2n) is 4.21. The summed E-state index contributed by atoms with van der Waals surface area (Å²) in [5.74, 6) is -0.238. The first-order valence-electron chi connectivity index (χ1n) is 6.01. The monoisotopic (exact) mass is 228 g/mol. The quantitative estimate of drug-likeness (QED) is 0.538. The Morgan fingerprint density at radius 3 is 2.56 bits per heavy atom. The van der Waals surface area contributed by atoms with E-state index >= 15 is 0 Å². The first-order valence-corrected chi connectivity index (χ1v) is 6.01. The van der Waals surface area contributed by atoms with Crippen molar-refractivity contribution in [1.82, 2.24) is 0 Å². The summed E-state index contributed by atoms with van der Waals surface area (Å²) in [6, 6.07) is 0. The van der Waals surface area contributed by atoms with E-state index in [-0.39, 0.29) is 11.9 Å². The maximum atomic E-state index is 11.4. The van der Waals surface area contributed by atoms with Crippen LogP contribution >= 0.6 is 0 Å². The van der Waals surface area contributed by atoms with Gasteiger partial charge in [0.2, 0.25) is 0 Å². The van der Waals surface area contributed by atoms with Gasteiger partial charge in [-0.1, -0.05) is 25.8 Å². The van der Waals surface area contributed by atoms with Crippen molar-refractivity contribution < 1.29 is 14.6 Å². The van der Waals surface area contributed by atoms with Gasteiger partial charge in [0.1, 0.15) is 0 Å². The summed E-state index contributed by atoms with van der Waals surface area (Å²) in [5.41, 5.74) is 0.611. The van der Waals surface area contributed by atoms with E-state index in [1.807, 2.05) is 0 Å². The van der Waals surface area contributed by atoms with E-state index in [1.165, 1.54) is 0 Å². The average molecular weight is 228 g/mol. The molecule has 1 N–H and O–H groups in total. The van der Waals surface area contributed by atoms with Crippen LogP contribution in [0.25, 0.3) is 0 Å². The number of rotatable bonds is 7. The number of esters is 1. The molecule has 0 aromatic heterocycles. The topological polar surface area (TPSA) is 46.5 Å². The Labute approximate surface area is 98.5 Å². The zero-order valence-electron chi connectivity index (χ0n) is 10.8. The summed E-state index contributed by atoms with van der Waals surface area (Å²) in [7, 11) is 0. The molecule has 3 nitrogen and oxygen atoms in total. The first-order chi connectivity index (χ1) is 7.52. The van der Waals surface area contributed by atoms with Gasteiger partial charge in [-0.2, -0.15) is 0 Å². The minimum atomic E-state index is -0.426. The Hall–Kier alpha value is -0.830. The highest BCUT2D eigenvalue weighted by atomic mass is 16.5. The fourth-order valence-electron chi connectivity index (χ4n) is 1.34. The van der Waals surface area contributed by atoms with Crippen molar-refractivity contribution in [2.45, 2.75) is 53.1 Å². The van der Waals surface area contributed by atoms with E-state index in [9.17, 15) is 9.90 Å². The smallest absolute Gasteiger partial charge is 0.333 e. The number of carbonyl (C=O) groups excluding carboxylic acids is 1. The second kappa shape index (κ2) is 8.34. The van der Waals surface area contributed by atoms with Crippen LogP contribution in [-0.2, 0) is 9.53 Å². The van der Waals surface area contributed by atoms with Gasteiger partial charge in [0.25, 0.3) is 0 Å². The minimum Gasteiger partial charge on any atom is -0.462 e. The lowest BCUT2D eigenvalue weighted by molar-refractivity contribution is -0.141.